The van der Waals surface area contributed by atoms with Crippen LogP contribution in [0.25, 0.3) is 5.69 Å². The van der Waals surface area contributed by atoms with Crippen molar-refractivity contribution in [2.75, 3.05) is 13.7 Å². The van der Waals surface area contributed by atoms with Crippen LogP contribution in [0.5, 0.6) is 5.75 Å². The number of benzene rings is 2. The van der Waals surface area contributed by atoms with Crippen LogP contribution in [0.4, 0.5) is 0 Å². The van der Waals surface area contributed by atoms with Gasteiger partial charge in [-0.3, -0.25) is 4.52 Å². The summed E-state index contributed by atoms with van der Waals surface area (Å²) in [6, 6.07) is 17.3. The number of ether oxygens (including phenoxy) is 1. The average Bonchev–Trinajstić information content (AvgIpc) is 3.09. The Balaban J connectivity index is 1.90. The van der Waals surface area contributed by atoms with Gasteiger partial charge in [0.15, 0.2) is 5.11 Å². The van der Waals surface area contributed by atoms with Crippen LogP contribution in [0.2, 0.25) is 0 Å². The largest absolute Gasteiger partial charge is 0.497 e. The molecule has 0 unspecified atom stereocenters. The first-order chi connectivity index (χ1) is 13.6. The summed E-state index contributed by atoms with van der Waals surface area (Å²) in [6.07, 6.45) is 0. The van der Waals surface area contributed by atoms with Crippen molar-refractivity contribution in [3.8, 4) is 11.4 Å². The van der Waals surface area contributed by atoms with E-state index in [0.717, 1.165) is 17.0 Å². The summed E-state index contributed by atoms with van der Waals surface area (Å²) < 4.78 is 11.9. The molecule has 0 spiro atoms. The Labute approximate surface area is 168 Å². The molecule has 0 fully saturated rings. The summed E-state index contributed by atoms with van der Waals surface area (Å²) in [5.41, 5.74) is 1.86. The van der Waals surface area contributed by atoms with Crippen molar-refractivity contribution >= 4 is 17.3 Å². The van der Waals surface area contributed by atoms with Gasteiger partial charge in [0.1, 0.15) is 12.3 Å². The van der Waals surface area contributed by atoms with Crippen LogP contribution < -0.4 is 20.4 Å². The standard InChI is InChI=1S/C20H22N4O3S/c1-3-21-20(28)23(13-15-7-5-4-6-8-15)14-18-19(25)27-22-24(18)16-9-11-17(26-2)12-10-16/h4-12H,3,13-14H2,1-2H3,(H-,21,22,25,28)/p+1. The third kappa shape index (κ3) is 4.58. The summed E-state index contributed by atoms with van der Waals surface area (Å²) >= 11 is 5.53. The van der Waals surface area contributed by atoms with E-state index in [1.807, 2.05) is 66.4 Å². The van der Waals surface area contributed by atoms with Gasteiger partial charge in [0.05, 0.1) is 7.11 Å². The predicted octanol–water partition coefficient (Wildman–Crippen LogP) is 2.15. The summed E-state index contributed by atoms with van der Waals surface area (Å²) in [6.45, 7) is 3.54. The first-order valence-corrected chi connectivity index (χ1v) is 9.36. The molecular weight excluding hydrogens is 376 g/mol. The van der Waals surface area contributed by atoms with E-state index in [1.165, 1.54) is 0 Å². The van der Waals surface area contributed by atoms with Crippen LogP contribution in [0, 0.1) is 0 Å². The fourth-order valence-corrected chi connectivity index (χ4v) is 3.09. The van der Waals surface area contributed by atoms with Crippen LogP contribution in [-0.4, -0.2) is 28.9 Å². The molecule has 8 heteroatoms. The van der Waals surface area contributed by atoms with Gasteiger partial charge in [0.25, 0.3) is 0 Å². The molecule has 0 amide bonds. The van der Waals surface area contributed by atoms with Gasteiger partial charge < -0.3 is 15.0 Å². The molecule has 0 saturated heterocycles. The SMILES string of the molecule is CCNC(=S)N(Cc1ccccc1)Cc1c(=O)o[nH][n+]1-c1ccc(OC)cc1. The highest BCUT2D eigenvalue weighted by Crippen LogP contribution is 2.12. The molecule has 0 bridgehead atoms. The maximum absolute atomic E-state index is 12.4. The van der Waals surface area contributed by atoms with Crippen LogP contribution in [-0.2, 0) is 13.1 Å². The first kappa shape index (κ1) is 19.6. The molecule has 1 aromatic heterocycles. The van der Waals surface area contributed by atoms with Gasteiger partial charge in [0.2, 0.25) is 5.69 Å². The lowest BCUT2D eigenvalue weighted by molar-refractivity contribution is -0.678. The number of nitrogens with one attached hydrogen (secondary N) is 2. The number of rotatable bonds is 7. The van der Waals surface area contributed by atoms with Gasteiger partial charge in [-0.1, -0.05) is 30.3 Å². The zero-order valence-electron chi connectivity index (χ0n) is 15.8. The quantitative estimate of drug-likeness (QED) is 0.468. The maximum atomic E-state index is 12.4. The normalized spacial score (nSPS) is 10.5. The first-order valence-electron chi connectivity index (χ1n) is 8.96. The molecule has 28 heavy (non-hydrogen) atoms. The zero-order chi connectivity index (χ0) is 19.9. The minimum absolute atomic E-state index is 0.290. The van der Waals surface area contributed by atoms with Crippen LogP contribution >= 0.6 is 12.2 Å². The molecule has 146 valence electrons. The Hall–Kier alpha value is -3.13. The van der Waals surface area contributed by atoms with Gasteiger partial charge in [0, 0.05) is 25.2 Å². The molecule has 0 atom stereocenters. The molecule has 0 aliphatic heterocycles. The van der Waals surface area contributed by atoms with E-state index in [0.29, 0.717) is 30.4 Å². The summed E-state index contributed by atoms with van der Waals surface area (Å²) in [5, 5.41) is 6.40. The number of hydrogen-bond acceptors (Lipinski definition) is 4. The number of H-pyrrole nitrogens is 1. The summed E-state index contributed by atoms with van der Waals surface area (Å²) in [4.78, 5) is 14.3. The Kier molecular flexibility index (Phi) is 6.44. The summed E-state index contributed by atoms with van der Waals surface area (Å²) in [7, 11) is 1.61. The number of aromatic amines is 1. The Morgan fingerprint density at radius 3 is 2.54 bits per heavy atom. The van der Waals surface area contributed by atoms with Crippen molar-refractivity contribution in [2.24, 2.45) is 0 Å². The number of thiocarbonyl (C=S) groups is 1. The van der Waals surface area contributed by atoms with E-state index in [2.05, 4.69) is 10.6 Å². The van der Waals surface area contributed by atoms with E-state index < -0.39 is 5.63 Å². The third-order valence-electron chi connectivity index (χ3n) is 4.24. The molecule has 0 radical (unpaired) electrons. The van der Waals surface area contributed by atoms with E-state index >= 15 is 0 Å². The average molecular weight is 399 g/mol. The van der Waals surface area contributed by atoms with Crippen molar-refractivity contribution < 1.29 is 13.9 Å². The molecule has 2 aromatic carbocycles. The number of aromatic nitrogens is 2. The van der Waals surface area contributed by atoms with Crippen molar-refractivity contribution in [1.29, 1.82) is 0 Å². The molecular formula is C20H23N4O3S+. The highest BCUT2D eigenvalue weighted by molar-refractivity contribution is 7.80. The molecule has 1 heterocycles. The Morgan fingerprint density at radius 2 is 1.89 bits per heavy atom. The van der Waals surface area contributed by atoms with E-state index in [9.17, 15) is 4.79 Å². The van der Waals surface area contributed by atoms with E-state index in [1.54, 1.807) is 11.8 Å². The lowest BCUT2D eigenvalue weighted by Crippen LogP contribution is -2.45. The number of hydrogen-bond donors (Lipinski definition) is 2. The smallest absolute Gasteiger partial charge is 0.432 e. The second-order valence-corrected chi connectivity index (χ2v) is 6.52. The topological polar surface area (TPSA) is 74.4 Å². The van der Waals surface area contributed by atoms with E-state index in [4.69, 9.17) is 21.5 Å². The molecule has 2 N–H and O–H groups in total. The number of nitrogens with zero attached hydrogens (tertiary/aromatic N) is 2. The lowest BCUT2D eigenvalue weighted by Gasteiger charge is -2.23. The van der Waals surface area contributed by atoms with Gasteiger partial charge >= 0.3 is 11.3 Å². The zero-order valence-corrected chi connectivity index (χ0v) is 16.7. The monoisotopic (exact) mass is 399 g/mol. The van der Waals surface area contributed by atoms with Gasteiger partial charge in [-0.25, -0.2) is 4.79 Å². The predicted molar refractivity (Wildman–Crippen MR) is 109 cm³/mol. The Morgan fingerprint density at radius 1 is 1.18 bits per heavy atom. The van der Waals surface area contributed by atoms with Crippen molar-refractivity contribution in [3.63, 3.8) is 0 Å². The molecule has 0 aliphatic rings. The molecule has 0 aliphatic carbocycles. The minimum atomic E-state index is -0.437. The van der Waals surface area contributed by atoms with Crippen molar-refractivity contribution in [1.82, 2.24) is 15.5 Å². The second-order valence-electron chi connectivity index (χ2n) is 6.14. The van der Waals surface area contributed by atoms with Gasteiger partial charge in [-0.05, 0) is 46.8 Å². The summed E-state index contributed by atoms with van der Waals surface area (Å²) in [5.74, 6) is 0.732. The second kappa shape index (κ2) is 9.18. The van der Waals surface area contributed by atoms with Gasteiger partial charge in [-0.15, -0.1) is 0 Å². The minimum Gasteiger partial charge on any atom is -0.497 e. The fraction of sp³-hybridized carbons (Fsp3) is 0.250. The van der Waals surface area contributed by atoms with Crippen molar-refractivity contribution in [3.05, 3.63) is 76.3 Å². The van der Waals surface area contributed by atoms with E-state index in [-0.39, 0.29) is 0 Å². The lowest BCUT2D eigenvalue weighted by atomic mass is 10.2. The van der Waals surface area contributed by atoms with Gasteiger partial charge in [-0.2, -0.15) is 0 Å². The maximum Gasteiger partial charge on any atom is 0.432 e. The molecule has 7 nitrogen and oxygen atoms in total. The molecule has 0 saturated carbocycles. The van der Waals surface area contributed by atoms with Crippen LogP contribution in [0.3, 0.4) is 0 Å². The van der Waals surface area contributed by atoms with Crippen molar-refractivity contribution in [2.45, 2.75) is 20.0 Å². The third-order valence-corrected chi connectivity index (χ3v) is 4.64. The highest BCUT2D eigenvalue weighted by atomic mass is 32.1. The Bertz CT molecular complexity index is 967. The van der Waals surface area contributed by atoms with Crippen LogP contribution in [0.1, 0.15) is 18.2 Å². The highest BCUT2D eigenvalue weighted by Gasteiger charge is 2.27. The number of methoxy groups -OCH3 is 1. The van der Waals surface area contributed by atoms with Crippen LogP contribution in [0.15, 0.2) is 63.9 Å². The molecule has 3 rings (SSSR count). The molecule has 3 aromatic rings. The fourth-order valence-electron chi connectivity index (χ4n) is 2.81.